The van der Waals surface area contributed by atoms with Gasteiger partial charge >= 0.3 is 0 Å². The van der Waals surface area contributed by atoms with Gasteiger partial charge in [-0.05, 0) is 31.2 Å². The highest BCUT2D eigenvalue weighted by atomic mass is 127. The predicted octanol–water partition coefficient (Wildman–Crippen LogP) is 2.67. The van der Waals surface area contributed by atoms with Crippen LogP contribution in [0.5, 0.6) is 5.75 Å². The largest absolute Gasteiger partial charge is 0.489 e. The van der Waals surface area contributed by atoms with Crippen LogP contribution in [-0.4, -0.2) is 56.6 Å². The molecular formula is C20H28FIN4O3. The van der Waals surface area contributed by atoms with Gasteiger partial charge in [0.2, 0.25) is 5.91 Å². The van der Waals surface area contributed by atoms with Crippen molar-refractivity contribution in [2.24, 2.45) is 4.99 Å². The molecule has 1 unspecified atom stereocenters. The van der Waals surface area contributed by atoms with Crippen molar-refractivity contribution < 1.29 is 18.3 Å². The number of carbonyl (C=O) groups is 1. The number of hydrogen-bond donors (Lipinski definition) is 2. The fourth-order valence-corrected chi connectivity index (χ4v) is 2.28. The molecule has 2 rings (SSSR count). The highest BCUT2D eigenvalue weighted by molar-refractivity contribution is 14.0. The zero-order valence-corrected chi connectivity index (χ0v) is 19.2. The first kappa shape index (κ1) is 24.7. The number of amides is 1. The summed E-state index contributed by atoms with van der Waals surface area (Å²) in [7, 11) is 3.37. The summed E-state index contributed by atoms with van der Waals surface area (Å²) < 4.78 is 24.3. The van der Waals surface area contributed by atoms with Crippen LogP contribution in [0.15, 0.2) is 52.1 Å². The molecule has 1 aromatic carbocycles. The van der Waals surface area contributed by atoms with Crippen molar-refractivity contribution in [1.29, 1.82) is 0 Å². The molecule has 0 bridgehead atoms. The van der Waals surface area contributed by atoms with Gasteiger partial charge in [0.15, 0.2) is 5.96 Å². The minimum atomic E-state index is -0.346. The number of hydrogen-bond acceptors (Lipinski definition) is 4. The van der Waals surface area contributed by atoms with E-state index in [-0.39, 0.29) is 48.3 Å². The molecule has 29 heavy (non-hydrogen) atoms. The Morgan fingerprint density at radius 1 is 1.28 bits per heavy atom. The van der Waals surface area contributed by atoms with Gasteiger partial charge in [-0.3, -0.25) is 4.79 Å². The minimum Gasteiger partial charge on any atom is -0.489 e. The fraction of sp³-hybridized carbons (Fsp3) is 0.400. The Bertz CT molecular complexity index is 769. The van der Waals surface area contributed by atoms with Gasteiger partial charge in [-0.25, -0.2) is 9.38 Å². The van der Waals surface area contributed by atoms with E-state index in [2.05, 4.69) is 15.6 Å². The number of rotatable bonds is 9. The Balaban J connectivity index is 0.00000420. The standard InChI is InChI=1S/C20H27FN4O3.HI/c1-15(28-18-7-4-6-16(21)12-18)13-23-20(24-14-19(26)25(2)3)22-10-9-17-8-5-11-27-17;/h4-8,11-12,15H,9-10,13-14H2,1-3H3,(H2,22,23,24);1H. The third-order valence-corrected chi connectivity index (χ3v) is 3.81. The zero-order valence-electron chi connectivity index (χ0n) is 16.9. The van der Waals surface area contributed by atoms with Gasteiger partial charge in [0.25, 0.3) is 0 Å². The fourth-order valence-electron chi connectivity index (χ4n) is 2.28. The molecule has 1 heterocycles. The molecular weight excluding hydrogens is 490 g/mol. The van der Waals surface area contributed by atoms with Crippen LogP contribution in [0, 0.1) is 5.82 Å². The van der Waals surface area contributed by atoms with Crippen LogP contribution in [-0.2, 0) is 11.2 Å². The Labute approximate surface area is 187 Å². The predicted molar refractivity (Wildman–Crippen MR) is 121 cm³/mol. The SMILES string of the molecule is CC(CNC(=NCC(=O)N(C)C)NCCc1ccco1)Oc1cccc(F)c1.I. The van der Waals surface area contributed by atoms with Crippen molar-refractivity contribution >= 4 is 35.8 Å². The van der Waals surface area contributed by atoms with E-state index in [1.54, 1.807) is 32.5 Å². The van der Waals surface area contributed by atoms with Crippen LogP contribution >= 0.6 is 24.0 Å². The summed E-state index contributed by atoms with van der Waals surface area (Å²) in [5, 5.41) is 6.32. The number of nitrogens with zero attached hydrogens (tertiary/aromatic N) is 2. The second kappa shape index (κ2) is 13.0. The number of guanidine groups is 1. The maximum Gasteiger partial charge on any atom is 0.243 e. The number of nitrogens with one attached hydrogen (secondary N) is 2. The molecule has 0 saturated heterocycles. The maximum absolute atomic E-state index is 13.3. The lowest BCUT2D eigenvalue weighted by molar-refractivity contribution is -0.127. The first-order chi connectivity index (χ1) is 13.4. The van der Waals surface area contributed by atoms with Crippen molar-refractivity contribution in [2.45, 2.75) is 19.4 Å². The lowest BCUT2D eigenvalue weighted by Gasteiger charge is -2.18. The van der Waals surface area contributed by atoms with Gasteiger partial charge in [-0.15, -0.1) is 24.0 Å². The summed E-state index contributed by atoms with van der Waals surface area (Å²) in [5.74, 6) is 1.37. The smallest absolute Gasteiger partial charge is 0.243 e. The van der Waals surface area contributed by atoms with Crippen molar-refractivity contribution in [2.75, 3.05) is 33.7 Å². The molecule has 0 spiro atoms. The highest BCUT2D eigenvalue weighted by Crippen LogP contribution is 2.13. The van der Waals surface area contributed by atoms with Crippen molar-refractivity contribution in [1.82, 2.24) is 15.5 Å². The maximum atomic E-state index is 13.3. The van der Waals surface area contributed by atoms with Crippen LogP contribution in [0.1, 0.15) is 12.7 Å². The molecule has 0 fully saturated rings. The van der Waals surface area contributed by atoms with Gasteiger partial charge in [-0.2, -0.15) is 0 Å². The monoisotopic (exact) mass is 518 g/mol. The van der Waals surface area contributed by atoms with E-state index in [9.17, 15) is 9.18 Å². The summed E-state index contributed by atoms with van der Waals surface area (Å²) in [6, 6.07) is 9.74. The summed E-state index contributed by atoms with van der Waals surface area (Å²) >= 11 is 0. The number of benzene rings is 1. The lowest BCUT2D eigenvalue weighted by Crippen LogP contribution is -2.43. The molecule has 1 amide bonds. The Kier molecular flexibility index (Phi) is 11.1. The van der Waals surface area contributed by atoms with E-state index < -0.39 is 0 Å². The van der Waals surface area contributed by atoms with E-state index in [1.807, 2.05) is 19.1 Å². The van der Waals surface area contributed by atoms with Crippen LogP contribution in [0.25, 0.3) is 0 Å². The quantitative estimate of drug-likeness (QED) is 0.303. The second-order valence-electron chi connectivity index (χ2n) is 6.48. The average Bonchev–Trinajstić information content (AvgIpc) is 3.16. The molecule has 0 radical (unpaired) electrons. The van der Waals surface area contributed by atoms with Crippen molar-refractivity contribution in [3.63, 3.8) is 0 Å². The van der Waals surface area contributed by atoms with Crippen molar-refractivity contribution in [3.05, 3.63) is 54.2 Å². The number of likely N-dealkylation sites (N-methyl/N-ethyl adjacent to an activating group) is 1. The number of aliphatic imine (C=N–C) groups is 1. The molecule has 0 saturated carbocycles. The normalized spacial score (nSPS) is 11.9. The van der Waals surface area contributed by atoms with Gasteiger partial charge in [0.05, 0.1) is 12.8 Å². The van der Waals surface area contributed by atoms with E-state index >= 15 is 0 Å². The number of carbonyl (C=O) groups excluding carboxylic acids is 1. The van der Waals surface area contributed by atoms with Crippen LogP contribution in [0.3, 0.4) is 0 Å². The summed E-state index contributed by atoms with van der Waals surface area (Å²) in [5.41, 5.74) is 0. The Morgan fingerprint density at radius 3 is 2.72 bits per heavy atom. The average molecular weight is 518 g/mol. The molecule has 9 heteroatoms. The molecule has 2 N–H and O–H groups in total. The summed E-state index contributed by atoms with van der Waals surface area (Å²) in [6.07, 6.45) is 2.08. The first-order valence-electron chi connectivity index (χ1n) is 9.11. The lowest BCUT2D eigenvalue weighted by atomic mass is 10.3. The molecule has 0 aliphatic heterocycles. The molecule has 1 atom stereocenters. The van der Waals surface area contributed by atoms with Crippen molar-refractivity contribution in [3.8, 4) is 5.75 Å². The van der Waals surface area contributed by atoms with Crippen LogP contribution in [0.4, 0.5) is 4.39 Å². The Hall–Kier alpha value is -2.30. The topological polar surface area (TPSA) is 79.1 Å². The molecule has 7 nitrogen and oxygen atoms in total. The zero-order chi connectivity index (χ0) is 20.4. The first-order valence-corrected chi connectivity index (χ1v) is 9.11. The second-order valence-corrected chi connectivity index (χ2v) is 6.48. The van der Waals surface area contributed by atoms with E-state index in [0.29, 0.717) is 31.2 Å². The summed E-state index contributed by atoms with van der Waals surface area (Å²) in [6.45, 7) is 2.92. The van der Waals surface area contributed by atoms with E-state index in [4.69, 9.17) is 9.15 Å². The molecule has 2 aromatic rings. The van der Waals surface area contributed by atoms with Gasteiger partial charge in [0, 0.05) is 33.1 Å². The molecule has 1 aromatic heterocycles. The van der Waals surface area contributed by atoms with E-state index in [1.165, 1.54) is 17.0 Å². The third kappa shape index (κ3) is 9.64. The third-order valence-electron chi connectivity index (χ3n) is 3.81. The number of furan rings is 1. The van der Waals surface area contributed by atoms with E-state index in [0.717, 1.165) is 5.76 Å². The number of halogens is 2. The van der Waals surface area contributed by atoms with Gasteiger partial charge in [0.1, 0.15) is 30.0 Å². The van der Waals surface area contributed by atoms with Gasteiger partial charge < -0.3 is 24.7 Å². The molecule has 0 aliphatic rings. The van der Waals surface area contributed by atoms with Gasteiger partial charge in [-0.1, -0.05) is 6.07 Å². The highest BCUT2D eigenvalue weighted by Gasteiger charge is 2.09. The number of ether oxygens (including phenoxy) is 1. The molecule has 0 aliphatic carbocycles. The van der Waals surface area contributed by atoms with Crippen LogP contribution < -0.4 is 15.4 Å². The Morgan fingerprint density at radius 2 is 2.07 bits per heavy atom. The summed E-state index contributed by atoms with van der Waals surface area (Å²) in [4.78, 5) is 17.6. The van der Waals surface area contributed by atoms with Crippen LogP contribution in [0.2, 0.25) is 0 Å². The molecule has 160 valence electrons. The minimum absolute atomic E-state index is 0.